The van der Waals surface area contributed by atoms with Crippen LogP contribution < -0.4 is 39.0 Å². The molecule has 1 aliphatic carbocycles. The Morgan fingerprint density at radius 3 is 1.82 bits per heavy atom. The van der Waals surface area contributed by atoms with Gasteiger partial charge >= 0.3 is 29.6 Å². The summed E-state index contributed by atoms with van der Waals surface area (Å²) in [5, 5.41) is 1.47. The van der Waals surface area contributed by atoms with Crippen molar-refractivity contribution in [2.24, 2.45) is 0 Å². The molecule has 0 saturated carbocycles. The van der Waals surface area contributed by atoms with Gasteiger partial charge in [-0.1, -0.05) is 56.1 Å². The van der Waals surface area contributed by atoms with Gasteiger partial charge in [-0.2, -0.15) is 0 Å². The Balaban J connectivity index is 0.00000385. The van der Waals surface area contributed by atoms with Crippen LogP contribution in [0.2, 0.25) is 0 Å². The van der Waals surface area contributed by atoms with Gasteiger partial charge in [0.05, 0.1) is 18.8 Å². The van der Waals surface area contributed by atoms with Gasteiger partial charge in [0.15, 0.2) is 23.1 Å². The summed E-state index contributed by atoms with van der Waals surface area (Å²) in [4.78, 5) is 25.7. The fourth-order valence-corrected chi connectivity index (χ4v) is 4.82. The van der Waals surface area contributed by atoms with Gasteiger partial charge in [0.25, 0.3) is 0 Å². The number of ether oxygens (including phenoxy) is 2. The quantitative estimate of drug-likeness (QED) is 0.140. The Labute approximate surface area is 231 Å². The average molecular weight is 612 g/mol. The molecule has 0 unspecified atom stereocenters. The number of fused-ring (bicyclic) bond motifs is 2. The molecule has 0 heterocycles. The largest absolute Gasteiger partial charge is 1.00 e. The van der Waals surface area contributed by atoms with Crippen LogP contribution in [0.15, 0.2) is 35.2 Å². The maximum absolute atomic E-state index is 13.3. The van der Waals surface area contributed by atoms with E-state index in [-0.39, 0.29) is 76.5 Å². The van der Waals surface area contributed by atoms with Crippen LogP contribution in [0.4, 0.5) is 0 Å². The molecule has 0 saturated heterocycles. The second kappa shape index (κ2) is 12.8. The zero-order chi connectivity index (χ0) is 23.3. The molecule has 1 aliphatic rings. The third kappa shape index (κ3) is 6.48. The first-order chi connectivity index (χ1) is 15.3. The van der Waals surface area contributed by atoms with Gasteiger partial charge in [-0.25, -0.2) is 8.42 Å². The van der Waals surface area contributed by atoms with Crippen molar-refractivity contribution in [3.8, 4) is 11.5 Å². The molecule has 172 valence electrons. The first kappa shape index (κ1) is 28.5. The fourth-order valence-electron chi connectivity index (χ4n) is 3.38. The van der Waals surface area contributed by atoms with E-state index in [4.69, 9.17) is 9.47 Å². The molecule has 0 atom stereocenters. The minimum absolute atomic E-state index is 0. The maximum Gasteiger partial charge on any atom is 1.00 e. The van der Waals surface area contributed by atoms with Crippen LogP contribution in [0.25, 0.3) is 0 Å². The van der Waals surface area contributed by atoms with E-state index in [9.17, 15) is 22.6 Å². The van der Waals surface area contributed by atoms with Crippen molar-refractivity contribution in [3.63, 3.8) is 0 Å². The molecule has 11 heteroatoms. The molecule has 7 nitrogen and oxygen atoms in total. The van der Waals surface area contributed by atoms with E-state index in [1.54, 1.807) is 12.1 Å². The zero-order valence-electron chi connectivity index (χ0n) is 18.1. The van der Waals surface area contributed by atoms with Crippen LogP contribution in [-0.4, -0.2) is 48.4 Å². The number of benzene rings is 2. The van der Waals surface area contributed by atoms with E-state index in [0.29, 0.717) is 12.8 Å². The normalized spacial score (nSPS) is 12.6. The number of halogens is 2. The Hall–Kier alpha value is -0.750. The molecule has 0 radical (unpaired) electrons. The van der Waals surface area contributed by atoms with Gasteiger partial charge in [-0.15, -0.1) is 0 Å². The van der Waals surface area contributed by atoms with Gasteiger partial charge in [-0.3, -0.25) is 9.59 Å². The third-order valence-electron chi connectivity index (χ3n) is 4.91. The predicted octanol–water partition coefficient (Wildman–Crippen LogP) is 1.48. The van der Waals surface area contributed by atoms with E-state index >= 15 is 0 Å². The molecular weight excluding hydrogens is 591 g/mol. The van der Waals surface area contributed by atoms with E-state index in [1.807, 2.05) is 0 Å². The molecule has 3 rings (SSSR count). The van der Waals surface area contributed by atoms with Crippen LogP contribution in [0.3, 0.4) is 0 Å². The summed E-state index contributed by atoms with van der Waals surface area (Å²) in [6.45, 7) is 0.269. The molecule has 0 aromatic heterocycles. The van der Waals surface area contributed by atoms with E-state index < -0.39 is 26.6 Å². The summed E-state index contributed by atoms with van der Waals surface area (Å²) in [6, 6.07) is 7.21. The second-order valence-electron chi connectivity index (χ2n) is 7.10. The molecular formula is C22H21Br2NaO7S. The van der Waals surface area contributed by atoms with Crippen molar-refractivity contribution >= 4 is 53.5 Å². The third-order valence-corrected chi connectivity index (χ3v) is 6.87. The number of alkyl halides is 2. The number of carbonyl (C=O) groups is 2. The van der Waals surface area contributed by atoms with Gasteiger partial charge in [0.2, 0.25) is 0 Å². The van der Waals surface area contributed by atoms with E-state index in [0.717, 1.165) is 29.6 Å². The van der Waals surface area contributed by atoms with Crippen molar-refractivity contribution in [1.82, 2.24) is 0 Å². The summed E-state index contributed by atoms with van der Waals surface area (Å²) in [5.74, 6) is -1.51. The Bertz CT molecular complexity index is 1140. The topological polar surface area (TPSA) is 110 Å². The van der Waals surface area contributed by atoms with Gasteiger partial charge in [0.1, 0.15) is 15.0 Å². The smallest absolute Gasteiger partial charge is 0.744 e. The summed E-state index contributed by atoms with van der Waals surface area (Å²) in [6.07, 6.45) is 2.73. The molecule has 2 aromatic carbocycles. The summed E-state index contributed by atoms with van der Waals surface area (Å²) < 4.78 is 47.8. The maximum atomic E-state index is 13.3. The molecule has 0 amide bonds. The molecule has 0 spiro atoms. The van der Waals surface area contributed by atoms with Crippen LogP contribution >= 0.6 is 31.9 Å². The summed E-state index contributed by atoms with van der Waals surface area (Å²) >= 11 is 6.64. The number of ketones is 2. The van der Waals surface area contributed by atoms with Gasteiger partial charge < -0.3 is 14.0 Å². The van der Waals surface area contributed by atoms with Crippen molar-refractivity contribution in [3.05, 3.63) is 52.6 Å². The van der Waals surface area contributed by atoms with Gasteiger partial charge in [0, 0.05) is 27.4 Å². The number of hydrogen-bond donors (Lipinski definition) is 0. The standard InChI is InChI=1S/C22H22Br2O7S.Na/c23-9-3-5-11-30-21-17(32(27,28)29)13-16-18(22(21)31-12-6-4-10-24)20(26)15-8-2-1-7-14(15)19(16)25;/h1-2,7-8,13H,3-6,9-12H2,(H,27,28,29);/q;+1/p-1. The minimum atomic E-state index is -5.02. The van der Waals surface area contributed by atoms with Crippen LogP contribution in [0.5, 0.6) is 11.5 Å². The Morgan fingerprint density at radius 2 is 1.30 bits per heavy atom. The fraction of sp³-hybridized carbons (Fsp3) is 0.364. The number of hydrogen-bond acceptors (Lipinski definition) is 7. The predicted molar refractivity (Wildman–Crippen MR) is 125 cm³/mol. The Kier molecular flexibility index (Phi) is 11.1. The first-order valence-electron chi connectivity index (χ1n) is 10.0. The number of unbranched alkanes of at least 4 members (excludes halogenated alkanes) is 2. The zero-order valence-corrected chi connectivity index (χ0v) is 24.1. The van der Waals surface area contributed by atoms with Crippen LogP contribution in [0.1, 0.15) is 57.5 Å². The average Bonchev–Trinajstić information content (AvgIpc) is 2.77. The molecule has 2 aromatic rings. The van der Waals surface area contributed by atoms with Crippen LogP contribution in [0, 0.1) is 0 Å². The first-order valence-corrected chi connectivity index (χ1v) is 13.7. The minimum Gasteiger partial charge on any atom is -0.744 e. The number of rotatable bonds is 11. The molecule has 0 bridgehead atoms. The van der Waals surface area contributed by atoms with Crippen LogP contribution in [-0.2, 0) is 10.1 Å². The summed E-state index contributed by atoms with van der Waals surface area (Å²) in [5.41, 5.74) is 0.0932. The van der Waals surface area contributed by atoms with Crippen molar-refractivity contribution in [2.45, 2.75) is 30.6 Å². The molecule has 33 heavy (non-hydrogen) atoms. The number of carbonyl (C=O) groups excluding carboxylic acids is 2. The SMILES string of the molecule is O=C1c2ccccc2C(=O)c2c1cc(S(=O)(=O)[O-])c(OCCCCBr)c2OCCCCBr.[Na+]. The monoisotopic (exact) mass is 610 g/mol. The van der Waals surface area contributed by atoms with Crippen molar-refractivity contribution in [2.75, 3.05) is 23.9 Å². The van der Waals surface area contributed by atoms with E-state index in [2.05, 4.69) is 31.9 Å². The molecule has 0 N–H and O–H groups in total. The van der Waals surface area contributed by atoms with E-state index in [1.165, 1.54) is 12.1 Å². The summed E-state index contributed by atoms with van der Waals surface area (Å²) in [7, 11) is -5.02. The second-order valence-corrected chi connectivity index (χ2v) is 10.0. The van der Waals surface area contributed by atoms with Gasteiger partial charge in [-0.05, 0) is 31.7 Å². The van der Waals surface area contributed by atoms with Crippen molar-refractivity contribution in [1.29, 1.82) is 0 Å². The Morgan fingerprint density at radius 1 is 0.788 bits per heavy atom. The van der Waals surface area contributed by atoms with Crippen molar-refractivity contribution < 1.29 is 61.6 Å². The molecule has 0 aliphatic heterocycles. The molecule has 0 fully saturated rings.